The molecular formula is C11H14F3N3O2. The highest BCUT2D eigenvalue weighted by Crippen LogP contribution is 2.33. The largest absolute Gasteiger partial charge is 0.480 e. The molecule has 5 nitrogen and oxygen atoms in total. The van der Waals surface area contributed by atoms with Crippen molar-refractivity contribution in [2.75, 3.05) is 6.54 Å². The van der Waals surface area contributed by atoms with Crippen LogP contribution >= 0.6 is 0 Å². The Labute approximate surface area is 107 Å². The zero-order valence-electron chi connectivity index (χ0n) is 10.3. The van der Waals surface area contributed by atoms with Crippen LogP contribution in [0.2, 0.25) is 0 Å². The van der Waals surface area contributed by atoms with Gasteiger partial charge in [0.1, 0.15) is 11.7 Å². The van der Waals surface area contributed by atoms with Gasteiger partial charge in [-0.15, -0.1) is 0 Å². The van der Waals surface area contributed by atoms with Gasteiger partial charge in [0.2, 0.25) is 0 Å². The van der Waals surface area contributed by atoms with E-state index in [4.69, 9.17) is 5.11 Å². The van der Waals surface area contributed by atoms with Crippen LogP contribution in [0.5, 0.6) is 0 Å². The number of hydrogen-bond donors (Lipinski definition) is 1. The number of hydrogen-bond acceptors (Lipinski definition) is 3. The molecule has 8 heteroatoms. The Morgan fingerprint density at radius 2 is 2.26 bits per heavy atom. The van der Waals surface area contributed by atoms with Crippen molar-refractivity contribution < 1.29 is 23.1 Å². The van der Waals surface area contributed by atoms with Crippen LogP contribution < -0.4 is 0 Å². The summed E-state index contributed by atoms with van der Waals surface area (Å²) in [6.45, 7) is 0.447. The quantitative estimate of drug-likeness (QED) is 0.909. The lowest BCUT2D eigenvalue weighted by Gasteiger charge is -2.21. The summed E-state index contributed by atoms with van der Waals surface area (Å²) in [7, 11) is 1.23. The lowest BCUT2D eigenvalue weighted by molar-refractivity contribution is -0.144. The van der Waals surface area contributed by atoms with Gasteiger partial charge in [0.15, 0.2) is 0 Å². The van der Waals surface area contributed by atoms with E-state index < -0.39 is 23.9 Å². The highest BCUT2D eigenvalue weighted by molar-refractivity contribution is 5.73. The topological polar surface area (TPSA) is 58.4 Å². The first-order chi connectivity index (χ1) is 8.80. The molecule has 0 bridgehead atoms. The Hall–Kier alpha value is -1.57. The molecule has 1 saturated heterocycles. The maximum atomic E-state index is 12.9. The van der Waals surface area contributed by atoms with Crippen molar-refractivity contribution in [3.05, 3.63) is 17.5 Å². The Morgan fingerprint density at radius 3 is 2.84 bits per heavy atom. The Bertz CT molecular complexity index is 484. The van der Waals surface area contributed by atoms with Gasteiger partial charge >= 0.3 is 12.1 Å². The molecule has 1 aromatic heterocycles. The molecular weight excluding hydrogens is 263 g/mol. The summed E-state index contributed by atoms with van der Waals surface area (Å²) < 4.78 is 39.4. The summed E-state index contributed by atoms with van der Waals surface area (Å²) in [6.07, 6.45) is -2.19. The molecule has 1 atom stereocenters. The molecule has 0 saturated carbocycles. The zero-order chi connectivity index (χ0) is 14.2. The number of aromatic nitrogens is 2. The second-order valence-electron chi connectivity index (χ2n) is 4.61. The van der Waals surface area contributed by atoms with Gasteiger partial charge in [0.25, 0.3) is 0 Å². The van der Waals surface area contributed by atoms with Crippen molar-refractivity contribution in [3.63, 3.8) is 0 Å². The van der Waals surface area contributed by atoms with Gasteiger partial charge in [-0.1, -0.05) is 0 Å². The smallest absolute Gasteiger partial charge is 0.433 e. The third kappa shape index (κ3) is 2.73. The summed E-state index contributed by atoms with van der Waals surface area (Å²) in [5.74, 6) is -0.991. The first-order valence-electron chi connectivity index (χ1n) is 5.85. The second-order valence-corrected chi connectivity index (χ2v) is 4.61. The predicted octanol–water partition coefficient (Wildman–Crippen LogP) is 1.49. The lowest BCUT2D eigenvalue weighted by atomic mass is 10.2. The van der Waals surface area contributed by atoms with Crippen molar-refractivity contribution in [3.8, 4) is 0 Å². The standard InChI is InChI=1S/C11H14F3N3O2/c1-16-9(11(12,13)14)7(5-15-16)6-17-4-2-3-8(17)10(18)19/h5,8H,2-4,6H2,1H3,(H,18,19). The summed E-state index contributed by atoms with van der Waals surface area (Å²) >= 11 is 0. The molecule has 106 valence electrons. The number of carbonyl (C=O) groups is 1. The summed E-state index contributed by atoms with van der Waals surface area (Å²) in [5.41, 5.74) is -0.799. The van der Waals surface area contributed by atoms with Gasteiger partial charge < -0.3 is 5.11 Å². The second kappa shape index (κ2) is 4.84. The zero-order valence-corrected chi connectivity index (χ0v) is 10.3. The molecule has 1 fully saturated rings. The minimum Gasteiger partial charge on any atom is -0.480 e. The molecule has 1 aromatic rings. The first kappa shape index (κ1) is 13.9. The van der Waals surface area contributed by atoms with Crippen LogP contribution in [-0.2, 0) is 24.6 Å². The van der Waals surface area contributed by atoms with Crippen LogP contribution in [0, 0.1) is 0 Å². The number of aliphatic carboxylic acids is 1. The number of aryl methyl sites for hydroxylation is 1. The van der Waals surface area contributed by atoms with Gasteiger partial charge in [-0.3, -0.25) is 14.4 Å². The SMILES string of the molecule is Cn1ncc(CN2CCCC2C(=O)O)c1C(F)(F)F. The highest BCUT2D eigenvalue weighted by atomic mass is 19.4. The molecule has 0 spiro atoms. The molecule has 19 heavy (non-hydrogen) atoms. The molecule has 2 rings (SSSR count). The molecule has 0 aromatic carbocycles. The van der Waals surface area contributed by atoms with Gasteiger partial charge in [-0.25, -0.2) is 0 Å². The van der Waals surface area contributed by atoms with Crippen molar-refractivity contribution in [1.29, 1.82) is 0 Å². The van der Waals surface area contributed by atoms with Crippen LogP contribution in [0.15, 0.2) is 6.20 Å². The monoisotopic (exact) mass is 277 g/mol. The van der Waals surface area contributed by atoms with Crippen LogP contribution in [0.1, 0.15) is 24.1 Å². The van der Waals surface area contributed by atoms with E-state index in [1.165, 1.54) is 7.05 Å². The normalized spacial score (nSPS) is 20.9. The molecule has 0 aliphatic carbocycles. The minimum atomic E-state index is -4.49. The Balaban J connectivity index is 2.22. The van der Waals surface area contributed by atoms with Crippen LogP contribution in [0.3, 0.4) is 0 Å². The maximum absolute atomic E-state index is 12.9. The number of alkyl halides is 3. The number of carboxylic acids is 1. The lowest BCUT2D eigenvalue weighted by Crippen LogP contribution is -2.35. The van der Waals surface area contributed by atoms with Gasteiger partial charge in [-0.2, -0.15) is 18.3 Å². The summed E-state index contributed by atoms with van der Waals surface area (Å²) in [6, 6.07) is -0.707. The first-order valence-corrected chi connectivity index (χ1v) is 5.85. The fourth-order valence-corrected chi connectivity index (χ4v) is 2.48. The Kier molecular flexibility index (Phi) is 3.53. The average molecular weight is 277 g/mol. The van der Waals surface area contributed by atoms with Crippen LogP contribution in [0.25, 0.3) is 0 Å². The molecule has 1 aliphatic heterocycles. The molecule has 0 amide bonds. The van der Waals surface area contributed by atoms with Gasteiger partial charge in [0, 0.05) is 19.2 Å². The van der Waals surface area contributed by atoms with E-state index in [1.54, 1.807) is 4.90 Å². The fraction of sp³-hybridized carbons (Fsp3) is 0.636. The summed E-state index contributed by atoms with van der Waals surface area (Å²) in [5, 5.41) is 12.6. The fourth-order valence-electron chi connectivity index (χ4n) is 2.48. The van der Waals surface area contributed by atoms with E-state index in [1.807, 2.05) is 0 Å². The summed E-state index contributed by atoms with van der Waals surface area (Å²) in [4.78, 5) is 12.6. The molecule has 1 N–H and O–H groups in total. The molecule has 1 aliphatic rings. The van der Waals surface area contributed by atoms with Gasteiger partial charge in [-0.05, 0) is 19.4 Å². The van der Waals surface area contributed by atoms with Crippen LogP contribution in [0.4, 0.5) is 13.2 Å². The minimum absolute atomic E-state index is 0.0168. The number of carboxylic acid groups (broad SMARTS) is 1. The average Bonchev–Trinajstić information content (AvgIpc) is 2.84. The van der Waals surface area contributed by atoms with Gasteiger partial charge in [0.05, 0.1) is 6.20 Å². The third-order valence-electron chi connectivity index (χ3n) is 3.31. The molecule has 0 radical (unpaired) electrons. The number of halogens is 3. The number of rotatable bonds is 3. The van der Waals surface area contributed by atoms with E-state index in [9.17, 15) is 18.0 Å². The highest BCUT2D eigenvalue weighted by Gasteiger charge is 2.39. The van der Waals surface area contributed by atoms with E-state index in [2.05, 4.69) is 5.10 Å². The van der Waals surface area contributed by atoms with Crippen molar-refractivity contribution in [2.24, 2.45) is 7.05 Å². The maximum Gasteiger partial charge on any atom is 0.433 e. The van der Waals surface area contributed by atoms with Crippen LogP contribution in [-0.4, -0.2) is 38.3 Å². The van der Waals surface area contributed by atoms with Crippen molar-refractivity contribution in [1.82, 2.24) is 14.7 Å². The van der Waals surface area contributed by atoms with Crippen molar-refractivity contribution >= 4 is 5.97 Å². The van der Waals surface area contributed by atoms with E-state index in [0.29, 0.717) is 19.4 Å². The number of nitrogens with zero attached hydrogens (tertiary/aromatic N) is 3. The Morgan fingerprint density at radius 1 is 1.58 bits per heavy atom. The van der Waals surface area contributed by atoms with Crippen molar-refractivity contribution in [2.45, 2.75) is 31.6 Å². The van der Waals surface area contributed by atoms with E-state index >= 15 is 0 Å². The van der Waals surface area contributed by atoms with E-state index in [0.717, 1.165) is 10.9 Å². The molecule has 2 heterocycles. The third-order valence-corrected chi connectivity index (χ3v) is 3.31. The predicted molar refractivity (Wildman–Crippen MR) is 59.3 cm³/mol. The molecule has 1 unspecified atom stereocenters. The van der Waals surface area contributed by atoms with E-state index in [-0.39, 0.29) is 12.1 Å². The number of likely N-dealkylation sites (tertiary alicyclic amines) is 1.